The van der Waals surface area contributed by atoms with E-state index < -0.39 is 30.4 Å². The summed E-state index contributed by atoms with van der Waals surface area (Å²) in [5.74, 6) is -2.79. The normalized spacial score (nSPS) is 22.8. The first-order valence-electron chi connectivity index (χ1n) is 6.35. The fraction of sp³-hybridized carbons (Fsp3) is 0.750. The number of carboxylic acid groups (broad SMARTS) is 2. The van der Waals surface area contributed by atoms with Crippen molar-refractivity contribution in [2.75, 3.05) is 26.2 Å². The number of hydrogen-bond acceptors (Lipinski definition) is 4. The Hall–Kier alpha value is -1.63. The van der Waals surface area contributed by atoms with Crippen molar-refractivity contribution in [2.24, 2.45) is 5.41 Å². The van der Waals surface area contributed by atoms with Gasteiger partial charge in [0.15, 0.2) is 0 Å². The second kappa shape index (κ2) is 6.51. The molecule has 1 heterocycles. The van der Waals surface area contributed by atoms with Gasteiger partial charge in [-0.05, 0) is 25.8 Å². The average Bonchev–Trinajstić information content (AvgIpc) is 2.36. The summed E-state index contributed by atoms with van der Waals surface area (Å²) in [7, 11) is 0. The van der Waals surface area contributed by atoms with Gasteiger partial charge in [0.1, 0.15) is 13.1 Å². The van der Waals surface area contributed by atoms with E-state index in [1.165, 1.54) is 0 Å². The molecule has 0 aromatic carbocycles. The molecule has 7 heteroatoms. The minimum atomic E-state index is -1.20. The number of carboxylic acids is 2. The summed E-state index contributed by atoms with van der Waals surface area (Å²) in [6.07, 6.45) is 2.05. The molecule has 0 aromatic heterocycles. The summed E-state index contributed by atoms with van der Waals surface area (Å²) < 4.78 is 0. The maximum Gasteiger partial charge on any atom is 0.323 e. The molecule has 3 N–H and O–H groups in total. The number of carbonyl (C=O) groups excluding carboxylic acids is 1. The van der Waals surface area contributed by atoms with Crippen LogP contribution in [0.2, 0.25) is 0 Å². The molecule has 1 aliphatic heterocycles. The standard InChI is InChI=1S/C12H20N2O5/c1-2-12(4-3-5-13-8-12)11(19)14(6-9(15)16)7-10(17)18/h13H,2-8H2,1H3,(H,15,16)(H,17,18). The molecule has 19 heavy (non-hydrogen) atoms. The third-order valence-corrected chi connectivity index (χ3v) is 3.54. The Morgan fingerprint density at radius 2 is 1.79 bits per heavy atom. The molecule has 1 amide bonds. The third kappa shape index (κ3) is 3.92. The van der Waals surface area contributed by atoms with E-state index >= 15 is 0 Å². The summed E-state index contributed by atoms with van der Waals surface area (Å²) in [6, 6.07) is 0. The van der Waals surface area contributed by atoms with E-state index in [4.69, 9.17) is 10.2 Å². The molecule has 1 fully saturated rings. The molecule has 0 aromatic rings. The minimum Gasteiger partial charge on any atom is -0.480 e. The molecular weight excluding hydrogens is 252 g/mol. The fourth-order valence-electron chi connectivity index (χ4n) is 2.46. The fourth-order valence-corrected chi connectivity index (χ4v) is 2.46. The molecule has 108 valence electrons. The summed E-state index contributed by atoms with van der Waals surface area (Å²) in [5.41, 5.74) is -0.677. The van der Waals surface area contributed by atoms with Gasteiger partial charge in [-0.1, -0.05) is 6.92 Å². The zero-order valence-corrected chi connectivity index (χ0v) is 11.0. The van der Waals surface area contributed by atoms with Crippen LogP contribution in [0.25, 0.3) is 0 Å². The van der Waals surface area contributed by atoms with Crippen molar-refractivity contribution in [3.63, 3.8) is 0 Å². The molecule has 7 nitrogen and oxygen atoms in total. The molecular formula is C12H20N2O5. The van der Waals surface area contributed by atoms with Crippen LogP contribution in [-0.2, 0) is 14.4 Å². The number of nitrogens with zero attached hydrogens (tertiary/aromatic N) is 1. The molecule has 1 saturated heterocycles. The van der Waals surface area contributed by atoms with E-state index in [2.05, 4.69) is 5.32 Å². The number of hydrogen-bond donors (Lipinski definition) is 3. The first-order valence-corrected chi connectivity index (χ1v) is 6.35. The topological polar surface area (TPSA) is 107 Å². The molecule has 1 atom stereocenters. The SMILES string of the molecule is CCC1(C(=O)N(CC(=O)O)CC(=O)O)CCCNC1. The number of amides is 1. The number of nitrogens with one attached hydrogen (secondary N) is 1. The second-order valence-electron chi connectivity index (χ2n) is 4.86. The molecule has 1 unspecified atom stereocenters. The van der Waals surface area contributed by atoms with Crippen molar-refractivity contribution in [3.8, 4) is 0 Å². The van der Waals surface area contributed by atoms with E-state index in [1.54, 1.807) is 0 Å². The lowest BCUT2D eigenvalue weighted by Crippen LogP contribution is -2.53. The Morgan fingerprint density at radius 3 is 2.16 bits per heavy atom. The Morgan fingerprint density at radius 1 is 1.21 bits per heavy atom. The number of piperidine rings is 1. The predicted molar refractivity (Wildman–Crippen MR) is 66.7 cm³/mol. The van der Waals surface area contributed by atoms with Gasteiger partial charge in [-0.25, -0.2) is 0 Å². The smallest absolute Gasteiger partial charge is 0.323 e. The van der Waals surface area contributed by atoms with Crippen LogP contribution in [0.15, 0.2) is 0 Å². The van der Waals surface area contributed by atoms with E-state index in [0.717, 1.165) is 17.9 Å². The van der Waals surface area contributed by atoms with Gasteiger partial charge in [-0.3, -0.25) is 14.4 Å². The zero-order chi connectivity index (χ0) is 14.5. The maximum atomic E-state index is 12.5. The van der Waals surface area contributed by atoms with E-state index in [9.17, 15) is 14.4 Å². The highest BCUT2D eigenvalue weighted by atomic mass is 16.4. The molecule has 0 radical (unpaired) electrons. The van der Waals surface area contributed by atoms with Crippen LogP contribution in [-0.4, -0.2) is 59.1 Å². The largest absolute Gasteiger partial charge is 0.480 e. The van der Waals surface area contributed by atoms with Crippen LogP contribution in [0.1, 0.15) is 26.2 Å². The summed E-state index contributed by atoms with van der Waals surface area (Å²) in [5, 5.41) is 20.7. The Bertz CT molecular complexity index is 347. The monoisotopic (exact) mass is 272 g/mol. The quantitative estimate of drug-likeness (QED) is 0.616. The molecule has 0 aliphatic carbocycles. The molecule has 0 spiro atoms. The summed E-state index contributed by atoms with van der Waals surface area (Å²) in [6.45, 7) is 2.01. The Kier molecular flexibility index (Phi) is 5.29. The van der Waals surface area contributed by atoms with E-state index in [0.29, 0.717) is 19.4 Å². The molecule has 0 bridgehead atoms. The number of rotatable bonds is 6. The average molecular weight is 272 g/mol. The van der Waals surface area contributed by atoms with E-state index in [1.807, 2.05) is 6.92 Å². The van der Waals surface area contributed by atoms with Crippen molar-refractivity contribution in [1.29, 1.82) is 0 Å². The van der Waals surface area contributed by atoms with Crippen molar-refractivity contribution in [2.45, 2.75) is 26.2 Å². The van der Waals surface area contributed by atoms with Gasteiger partial charge in [0, 0.05) is 6.54 Å². The highest BCUT2D eigenvalue weighted by Crippen LogP contribution is 2.32. The van der Waals surface area contributed by atoms with E-state index in [-0.39, 0.29) is 5.91 Å². The summed E-state index contributed by atoms with van der Waals surface area (Å²) >= 11 is 0. The van der Waals surface area contributed by atoms with Gasteiger partial charge in [0.2, 0.25) is 5.91 Å². The Balaban J connectivity index is 2.88. The van der Waals surface area contributed by atoms with Gasteiger partial charge in [-0.2, -0.15) is 0 Å². The Labute approximate surface area is 111 Å². The van der Waals surface area contributed by atoms with Crippen molar-refractivity contribution < 1.29 is 24.6 Å². The maximum absolute atomic E-state index is 12.5. The molecule has 0 saturated carbocycles. The van der Waals surface area contributed by atoms with Crippen LogP contribution in [0.5, 0.6) is 0 Å². The van der Waals surface area contributed by atoms with Gasteiger partial charge in [-0.15, -0.1) is 0 Å². The zero-order valence-electron chi connectivity index (χ0n) is 11.0. The molecule has 1 rings (SSSR count). The lowest BCUT2D eigenvalue weighted by Gasteiger charge is -2.38. The first kappa shape index (κ1) is 15.4. The van der Waals surface area contributed by atoms with Crippen molar-refractivity contribution in [3.05, 3.63) is 0 Å². The van der Waals surface area contributed by atoms with Crippen LogP contribution in [0, 0.1) is 5.41 Å². The van der Waals surface area contributed by atoms with Crippen LogP contribution >= 0.6 is 0 Å². The van der Waals surface area contributed by atoms with Gasteiger partial charge in [0.05, 0.1) is 5.41 Å². The third-order valence-electron chi connectivity index (χ3n) is 3.54. The van der Waals surface area contributed by atoms with Gasteiger partial charge < -0.3 is 20.4 Å². The lowest BCUT2D eigenvalue weighted by molar-refractivity contribution is -0.155. The predicted octanol–water partition coefficient (Wildman–Crippen LogP) is -0.236. The van der Waals surface area contributed by atoms with Crippen LogP contribution < -0.4 is 5.32 Å². The molecule has 1 aliphatic rings. The highest BCUT2D eigenvalue weighted by molar-refractivity contribution is 5.89. The number of carbonyl (C=O) groups is 3. The van der Waals surface area contributed by atoms with Gasteiger partial charge >= 0.3 is 11.9 Å². The lowest BCUT2D eigenvalue weighted by atomic mass is 9.77. The highest BCUT2D eigenvalue weighted by Gasteiger charge is 2.41. The van der Waals surface area contributed by atoms with Gasteiger partial charge in [0.25, 0.3) is 0 Å². The minimum absolute atomic E-state index is 0.382. The van der Waals surface area contributed by atoms with Crippen LogP contribution in [0.3, 0.4) is 0 Å². The number of aliphatic carboxylic acids is 2. The van der Waals surface area contributed by atoms with Crippen molar-refractivity contribution in [1.82, 2.24) is 10.2 Å². The van der Waals surface area contributed by atoms with Crippen molar-refractivity contribution >= 4 is 17.8 Å². The summed E-state index contributed by atoms with van der Waals surface area (Å²) in [4.78, 5) is 34.9. The van der Waals surface area contributed by atoms with Crippen LogP contribution in [0.4, 0.5) is 0 Å². The second-order valence-corrected chi connectivity index (χ2v) is 4.86. The first-order chi connectivity index (χ1) is 8.91.